The molecular formula is C13H16N4O. The molecule has 1 aromatic carbocycles. The van der Waals surface area contributed by atoms with Crippen LogP contribution < -0.4 is 11.1 Å². The maximum absolute atomic E-state index is 12.0. The van der Waals surface area contributed by atoms with Gasteiger partial charge < -0.3 is 11.1 Å². The van der Waals surface area contributed by atoms with Crippen LogP contribution in [0.4, 0.5) is 11.5 Å². The van der Waals surface area contributed by atoms with E-state index in [2.05, 4.69) is 15.5 Å². The maximum Gasteiger partial charge on any atom is 0.256 e. The van der Waals surface area contributed by atoms with Crippen molar-refractivity contribution in [1.82, 2.24) is 10.2 Å². The van der Waals surface area contributed by atoms with E-state index >= 15 is 0 Å². The van der Waals surface area contributed by atoms with E-state index in [-0.39, 0.29) is 5.91 Å². The minimum atomic E-state index is -0.212. The molecule has 0 aliphatic heterocycles. The van der Waals surface area contributed by atoms with Crippen LogP contribution in [-0.4, -0.2) is 16.1 Å². The lowest BCUT2D eigenvalue weighted by molar-refractivity contribution is 0.102. The number of rotatable bonds is 3. The Labute approximate surface area is 105 Å². The van der Waals surface area contributed by atoms with Crippen molar-refractivity contribution in [2.24, 2.45) is 0 Å². The summed E-state index contributed by atoms with van der Waals surface area (Å²) in [5, 5.41) is 9.57. The summed E-state index contributed by atoms with van der Waals surface area (Å²) < 4.78 is 0. The number of hydrogen-bond donors (Lipinski definition) is 3. The highest BCUT2D eigenvalue weighted by Crippen LogP contribution is 2.14. The molecule has 5 heteroatoms. The molecule has 0 aliphatic rings. The molecule has 5 nitrogen and oxygen atoms in total. The van der Waals surface area contributed by atoms with Gasteiger partial charge in [-0.15, -0.1) is 0 Å². The highest BCUT2D eigenvalue weighted by Gasteiger charge is 2.09. The van der Waals surface area contributed by atoms with E-state index in [9.17, 15) is 4.79 Å². The fourth-order valence-corrected chi connectivity index (χ4v) is 1.58. The molecule has 0 saturated carbocycles. The van der Waals surface area contributed by atoms with E-state index in [0.717, 1.165) is 17.7 Å². The van der Waals surface area contributed by atoms with Gasteiger partial charge in [0.05, 0.1) is 0 Å². The van der Waals surface area contributed by atoms with Gasteiger partial charge in [0.25, 0.3) is 5.91 Å². The SMILES string of the molecule is CCc1cc(NC(=O)c2ccc(C)c(N)c2)n[nH]1. The van der Waals surface area contributed by atoms with Gasteiger partial charge >= 0.3 is 0 Å². The van der Waals surface area contributed by atoms with Crippen molar-refractivity contribution < 1.29 is 4.79 Å². The van der Waals surface area contributed by atoms with Gasteiger partial charge in [-0.05, 0) is 31.0 Å². The van der Waals surface area contributed by atoms with E-state index in [1.807, 2.05) is 26.0 Å². The molecule has 18 heavy (non-hydrogen) atoms. The van der Waals surface area contributed by atoms with Crippen LogP contribution in [0.3, 0.4) is 0 Å². The number of nitrogen functional groups attached to an aromatic ring is 1. The van der Waals surface area contributed by atoms with Gasteiger partial charge in [-0.2, -0.15) is 5.10 Å². The van der Waals surface area contributed by atoms with Crippen molar-refractivity contribution >= 4 is 17.4 Å². The molecule has 94 valence electrons. The average Bonchev–Trinajstić information content (AvgIpc) is 2.80. The third-order valence-corrected chi connectivity index (χ3v) is 2.79. The molecule has 0 spiro atoms. The van der Waals surface area contributed by atoms with Crippen molar-refractivity contribution in [3.63, 3.8) is 0 Å². The summed E-state index contributed by atoms with van der Waals surface area (Å²) in [7, 11) is 0. The highest BCUT2D eigenvalue weighted by atomic mass is 16.1. The van der Waals surface area contributed by atoms with E-state index < -0.39 is 0 Å². The quantitative estimate of drug-likeness (QED) is 0.723. The first-order chi connectivity index (χ1) is 8.60. The number of nitrogens with one attached hydrogen (secondary N) is 2. The number of anilines is 2. The Morgan fingerprint density at radius 3 is 2.83 bits per heavy atom. The summed E-state index contributed by atoms with van der Waals surface area (Å²) in [5.41, 5.74) is 8.85. The zero-order valence-corrected chi connectivity index (χ0v) is 10.4. The predicted molar refractivity (Wildman–Crippen MR) is 71.5 cm³/mol. The van der Waals surface area contributed by atoms with Crippen LogP contribution in [0.2, 0.25) is 0 Å². The van der Waals surface area contributed by atoms with Crippen molar-refractivity contribution in [3.8, 4) is 0 Å². The summed E-state index contributed by atoms with van der Waals surface area (Å²) in [4.78, 5) is 12.0. The minimum absolute atomic E-state index is 0.212. The number of benzene rings is 1. The van der Waals surface area contributed by atoms with Crippen LogP contribution in [0, 0.1) is 6.92 Å². The lowest BCUT2D eigenvalue weighted by Crippen LogP contribution is -2.12. The van der Waals surface area contributed by atoms with Crippen LogP contribution >= 0.6 is 0 Å². The Kier molecular flexibility index (Phi) is 3.32. The van der Waals surface area contributed by atoms with Gasteiger partial charge in [0.15, 0.2) is 5.82 Å². The highest BCUT2D eigenvalue weighted by molar-refractivity contribution is 6.04. The van der Waals surface area contributed by atoms with Crippen LogP contribution in [0.5, 0.6) is 0 Å². The Bertz CT molecular complexity index is 574. The van der Waals surface area contributed by atoms with Crippen LogP contribution in [0.25, 0.3) is 0 Å². The standard InChI is InChI=1S/C13H16N4O/c1-3-10-7-12(17-16-10)15-13(18)9-5-4-8(2)11(14)6-9/h4-7H,3,14H2,1-2H3,(H2,15,16,17,18). The molecule has 2 rings (SSSR count). The van der Waals surface area contributed by atoms with Crippen LogP contribution in [0.15, 0.2) is 24.3 Å². The second-order valence-electron chi connectivity index (χ2n) is 4.16. The van der Waals surface area contributed by atoms with Crippen LogP contribution in [-0.2, 0) is 6.42 Å². The summed E-state index contributed by atoms with van der Waals surface area (Å²) in [6, 6.07) is 7.05. The lowest BCUT2D eigenvalue weighted by atomic mass is 10.1. The van der Waals surface area contributed by atoms with E-state index in [1.54, 1.807) is 12.1 Å². The number of H-pyrrole nitrogens is 1. The monoisotopic (exact) mass is 244 g/mol. The topological polar surface area (TPSA) is 83.8 Å². The second-order valence-corrected chi connectivity index (χ2v) is 4.16. The first-order valence-corrected chi connectivity index (χ1v) is 5.82. The van der Waals surface area contributed by atoms with Crippen molar-refractivity contribution in [3.05, 3.63) is 41.1 Å². The lowest BCUT2D eigenvalue weighted by Gasteiger charge is -2.04. The molecule has 4 N–H and O–H groups in total. The predicted octanol–water partition coefficient (Wildman–Crippen LogP) is 2.12. The molecule has 2 aromatic rings. The Morgan fingerprint density at radius 2 is 2.22 bits per heavy atom. The molecule has 0 fully saturated rings. The molecule has 0 unspecified atom stereocenters. The van der Waals surface area contributed by atoms with Gasteiger partial charge in [-0.25, -0.2) is 0 Å². The average molecular weight is 244 g/mol. The van der Waals surface area contributed by atoms with Crippen LogP contribution in [0.1, 0.15) is 28.5 Å². The van der Waals surface area contributed by atoms with Crippen molar-refractivity contribution in [1.29, 1.82) is 0 Å². The molecule has 0 radical (unpaired) electrons. The third-order valence-electron chi connectivity index (χ3n) is 2.79. The van der Waals surface area contributed by atoms with E-state index in [0.29, 0.717) is 17.1 Å². The van der Waals surface area contributed by atoms with Gasteiger partial charge in [0.1, 0.15) is 0 Å². The molecule has 1 amide bonds. The Morgan fingerprint density at radius 1 is 1.44 bits per heavy atom. The molecule has 0 atom stereocenters. The van der Waals surface area contributed by atoms with E-state index in [4.69, 9.17) is 5.73 Å². The molecule has 1 heterocycles. The first kappa shape index (κ1) is 12.2. The number of aromatic amines is 1. The minimum Gasteiger partial charge on any atom is -0.398 e. The van der Waals surface area contributed by atoms with Crippen molar-refractivity contribution in [2.45, 2.75) is 20.3 Å². The smallest absolute Gasteiger partial charge is 0.256 e. The van der Waals surface area contributed by atoms with Gasteiger partial charge in [0.2, 0.25) is 0 Å². The molecule has 1 aromatic heterocycles. The second kappa shape index (κ2) is 4.91. The summed E-state index contributed by atoms with van der Waals surface area (Å²) in [6.45, 7) is 3.91. The third kappa shape index (κ3) is 2.51. The number of aryl methyl sites for hydroxylation is 2. The Hall–Kier alpha value is -2.30. The summed E-state index contributed by atoms with van der Waals surface area (Å²) in [6.07, 6.45) is 0.848. The number of hydrogen-bond acceptors (Lipinski definition) is 3. The fraction of sp³-hybridized carbons (Fsp3) is 0.231. The molecular weight excluding hydrogens is 228 g/mol. The molecule has 0 aliphatic carbocycles. The Balaban J connectivity index is 2.14. The number of nitrogens with zero attached hydrogens (tertiary/aromatic N) is 1. The normalized spacial score (nSPS) is 10.3. The first-order valence-electron chi connectivity index (χ1n) is 5.82. The van der Waals surface area contributed by atoms with Crippen molar-refractivity contribution in [2.75, 3.05) is 11.1 Å². The fourth-order valence-electron chi connectivity index (χ4n) is 1.58. The number of aromatic nitrogens is 2. The zero-order chi connectivity index (χ0) is 13.1. The summed E-state index contributed by atoms with van der Waals surface area (Å²) in [5.74, 6) is 0.312. The number of carbonyl (C=O) groups is 1. The van der Waals surface area contributed by atoms with E-state index in [1.165, 1.54) is 0 Å². The maximum atomic E-state index is 12.0. The number of amides is 1. The number of carbonyl (C=O) groups excluding carboxylic acids is 1. The van der Waals surface area contributed by atoms with Gasteiger partial charge in [-0.3, -0.25) is 9.89 Å². The molecule has 0 bridgehead atoms. The largest absolute Gasteiger partial charge is 0.398 e. The van der Waals surface area contributed by atoms with Gasteiger partial charge in [0, 0.05) is 23.0 Å². The van der Waals surface area contributed by atoms with Gasteiger partial charge in [-0.1, -0.05) is 13.0 Å². The summed E-state index contributed by atoms with van der Waals surface area (Å²) >= 11 is 0. The number of nitrogens with two attached hydrogens (primary N) is 1. The zero-order valence-electron chi connectivity index (χ0n) is 10.4. The molecule has 0 saturated heterocycles.